The van der Waals surface area contributed by atoms with E-state index in [4.69, 9.17) is 9.47 Å². The van der Waals surface area contributed by atoms with Gasteiger partial charge in [-0.15, -0.1) is 0 Å². The molecule has 46 heavy (non-hydrogen) atoms. The number of amides is 1. The molecular weight excluding hydrogens is 597 g/mol. The van der Waals surface area contributed by atoms with Crippen LogP contribution >= 0.6 is 0 Å². The zero-order chi connectivity index (χ0) is 32.6. The van der Waals surface area contributed by atoms with Crippen molar-refractivity contribution in [2.45, 2.75) is 94.7 Å². The summed E-state index contributed by atoms with van der Waals surface area (Å²) < 4.78 is 51.7. The van der Waals surface area contributed by atoms with E-state index in [-0.39, 0.29) is 23.9 Å². The fourth-order valence-corrected chi connectivity index (χ4v) is 8.83. The number of halogens is 3. The Morgan fingerprint density at radius 2 is 1.87 bits per heavy atom. The molecule has 2 heterocycles. The number of nitrogens with zero attached hydrogens (tertiary/aromatic N) is 2. The van der Waals surface area contributed by atoms with E-state index >= 15 is 0 Å². The molecule has 2 aromatic carbocycles. The van der Waals surface area contributed by atoms with Crippen LogP contribution in [0.4, 0.5) is 13.2 Å². The molecule has 3 aliphatic carbocycles. The Kier molecular flexibility index (Phi) is 7.55. The number of benzene rings is 2. The molecule has 1 saturated heterocycles. The van der Waals surface area contributed by atoms with Crippen LogP contribution in [-0.2, 0) is 27.6 Å². The van der Waals surface area contributed by atoms with Crippen LogP contribution in [0.3, 0.4) is 0 Å². The molecule has 5 atom stereocenters. The van der Waals surface area contributed by atoms with Gasteiger partial charge in [-0.2, -0.15) is 13.2 Å². The molecule has 0 unspecified atom stereocenters. The third kappa shape index (κ3) is 5.03. The van der Waals surface area contributed by atoms with Crippen LogP contribution in [0, 0.1) is 11.8 Å². The van der Waals surface area contributed by atoms with Crippen molar-refractivity contribution in [1.82, 2.24) is 9.80 Å². The minimum absolute atomic E-state index is 0.0826. The van der Waals surface area contributed by atoms with Crippen LogP contribution < -0.4 is 9.47 Å². The second kappa shape index (κ2) is 11.1. The lowest BCUT2D eigenvalue weighted by molar-refractivity contribution is -0.201. The number of piperidine rings is 1. The summed E-state index contributed by atoms with van der Waals surface area (Å²) in [7, 11) is 0. The molecule has 2 saturated carbocycles. The molecule has 1 spiro atoms. The predicted molar refractivity (Wildman–Crippen MR) is 165 cm³/mol. The number of aliphatic hydroxyl groups is 1. The average Bonchev–Trinajstić information content (AvgIpc) is 3.74. The van der Waals surface area contributed by atoms with Gasteiger partial charge in [0.15, 0.2) is 11.5 Å². The first-order valence-corrected chi connectivity index (χ1v) is 16.5. The first kappa shape index (κ1) is 31.2. The van der Waals surface area contributed by atoms with Gasteiger partial charge in [0.25, 0.3) is 0 Å². The summed E-state index contributed by atoms with van der Waals surface area (Å²) in [5.74, 6) is 0.893. The second-order valence-corrected chi connectivity index (χ2v) is 14.3. The fourth-order valence-electron chi connectivity index (χ4n) is 8.83. The van der Waals surface area contributed by atoms with Crippen molar-refractivity contribution in [3.63, 3.8) is 0 Å². The maximum absolute atomic E-state index is 14.0. The number of hydrogen-bond acceptors (Lipinski definition) is 6. The number of alkyl halides is 3. The highest BCUT2D eigenvalue weighted by molar-refractivity contribution is 5.92. The van der Waals surface area contributed by atoms with E-state index in [9.17, 15) is 27.9 Å². The molecule has 1 N–H and O–H groups in total. The van der Waals surface area contributed by atoms with Crippen molar-refractivity contribution in [3.05, 3.63) is 64.7 Å². The molecule has 7 nitrogen and oxygen atoms in total. The second-order valence-electron chi connectivity index (χ2n) is 14.3. The van der Waals surface area contributed by atoms with Gasteiger partial charge in [-0.25, -0.2) is 0 Å². The molecule has 2 aromatic rings. The highest BCUT2D eigenvalue weighted by Crippen LogP contribution is 2.66. The van der Waals surface area contributed by atoms with Crippen LogP contribution in [0.25, 0.3) is 6.08 Å². The fraction of sp³-hybridized carbons (Fsp3) is 0.556. The Labute approximate surface area is 267 Å². The number of ether oxygens (including phenoxy) is 2. The number of likely N-dealkylation sites (tertiary alicyclic amines) is 1. The molecule has 2 aliphatic heterocycles. The third-order valence-corrected chi connectivity index (χ3v) is 10.9. The summed E-state index contributed by atoms with van der Waals surface area (Å²) in [5, 5.41) is 12.9. The number of hydrogen-bond donors (Lipinski definition) is 1. The number of carbonyl (C=O) groups is 2. The van der Waals surface area contributed by atoms with Crippen molar-refractivity contribution < 1.29 is 37.3 Å². The Balaban J connectivity index is 1.26. The lowest BCUT2D eigenvalue weighted by Crippen LogP contribution is -2.78. The quantitative estimate of drug-likeness (QED) is 0.225. The van der Waals surface area contributed by atoms with Crippen LogP contribution in [0.2, 0.25) is 0 Å². The van der Waals surface area contributed by atoms with Gasteiger partial charge in [0.05, 0.1) is 22.6 Å². The van der Waals surface area contributed by atoms with Gasteiger partial charge in [0.1, 0.15) is 6.10 Å². The largest absolute Gasteiger partial charge is 0.483 e. The summed E-state index contributed by atoms with van der Waals surface area (Å²) in [6.07, 6.45) is 2.75. The third-order valence-electron chi connectivity index (χ3n) is 10.9. The van der Waals surface area contributed by atoms with E-state index in [1.165, 1.54) is 38.0 Å². The monoisotopic (exact) mass is 638 g/mol. The first-order valence-electron chi connectivity index (χ1n) is 16.5. The summed E-state index contributed by atoms with van der Waals surface area (Å²) in [6.45, 7) is 7.63. The Morgan fingerprint density at radius 3 is 2.52 bits per heavy atom. The maximum atomic E-state index is 14.0. The molecular formula is C36H41F3N2O5. The molecule has 5 aliphatic rings. The molecule has 2 bridgehead atoms. The first-order chi connectivity index (χ1) is 21.8. The Morgan fingerprint density at radius 1 is 1.13 bits per heavy atom. The van der Waals surface area contributed by atoms with Crippen LogP contribution in [0.5, 0.6) is 11.5 Å². The van der Waals surface area contributed by atoms with Gasteiger partial charge < -0.3 is 19.5 Å². The van der Waals surface area contributed by atoms with Crippen LogP contribution in [0.1, 0.15) is 75.1 Å². The molecule has 246 valence electrons. The zero-order valence-corrected chi connectivity index (χ0v) is 26.5. The van der Waals surface area contributed by atoms with Crippen molar-refractivity contribution in [3.8, 4) is 11.5 Å². The molecule has 0 aromatic heterocycles. The van der Waals surface area contributed by atoms with E-state index in [1.807, 2.05) is 24.8 Å². The summed E-state index contributed by atoms with van der Waals surface area (Å²) in [6, 6.07) is 8.05. The maximum Gasteiger partial charge on any atom is 0.416 e. The average molecular weight is 639 g/mol. The van der Waals surface area contributed by atoms with Crippen molar-refractivity contribution in [2.24, 2.45) is 11.8 Å². The summed E-state index contributed by atoms with van der Waals surface area (Å²) in [5.41, 5.74) is -0.119. The van der Waals surface area contributed by atoms with Gasteiger partial charge >= 0.3 is 12.1 Å². The minimum Gasteiger partial charge on any atom is -0.483 e. The van der Waals surface area contributed by atoms with Gasteiger partial charge in [0.2, 0.25) is 5.91 Å². The molecule has 7 rings (SSSR count). The standard InChI is InChI=1S/C36H41F3N2O5/c1-21(2)19-41(30(43)13-8-23-6-10-26(11-7-23)36(37,38)39)27-14-15-35(44)29-18-25-9-12-28(45-22(3)42)32-31(25)34(35,33(27)46-32)16-17-40(29)20-24-4-5-24/h6-13,21,24,27,29,33,44H,4-5,14-20H2,1-3H3/t27-,29-,33+,34+,35-/m1/s1. The zero-order valence-electron chi connectivity index (χ0n) is 26.5. The van der Waals surface area contributed by atoms with E-state index in [0.29, 0.717) is 55.2 Å². The normalized spacial score (nSPS) is 29.9. The van der Waals surface area contributed by atoms with E-state index in [0.717, 1.165) is 36.3 Å². The number of rotatable bonds is 8. The molecule has 1 amide bonds. The van der Waals surface area contributed by atoms with Crippen LogP contribution in [0.15, 0.2) is 42.5 Å². The Bertz CT molecular complexity index is 1570. The SMILES string of the molecule is CC(=O)Oc1ccc2c3c1O[C@H]1[C@H](N(CC(C)C)C(=O)C=Cc4ccc(C(F)(F)F)cc4)CC[C@@]4(O)[C@@H](C2)N(CC2CC2)CC[C@]314. The summed E-state index contributed by atoms with van der Waals surface area (Å²) >= 11 is 0. The predicted octanol–water partition coefficient (Wildman–Crippen LogP) is 5.76. The van der Waals surface area contributed by atoms with Gasteiger partial charge in [-0.05, 0) is 92.3 Å². The van der Waals surface area contributed by atoms with Crippen LogP contribution in [-0.4, -0.2) is 70.2 Å². The van der Waals surface area contributed by atoms with E-state index < -0.39 is 34.8 Å². The summed E-state index contributed by atoms with van der Waals surface area (Å²) in [4.78, 5) is 30.4. The van der Waals surface area contributed by atoms with E-state index in [1.54, 1.807) is 12.1 Å². The van der Waals surface area contributed by atoms with Crippen molar-refractivity contribution in [1.29, 1.82) is 0 Å². The van der Waals surface area contributed by atoms with Gasteiger partial charge in [0, 0.05) is 37.7 Å². The lowest BCUT2D eigenvalue weighted by atomic mass is 9.48. The minimum atomic E-state index is -4.44. The smallest absolute Gasteiger partial charge is 0.416 e. The topological polar surface area (TPSA) is 79.3 Å². The van der Waals surface area contributed by atoms with Crippen molar-refractivity contribution in [2.75, 3.05) is 19.6 Å². The highest BCUT2D eigenvalue weighted by atomic mass is 19.4. The lowest BCUT2D eigenvalue weighted by Gasteiger charge is -2.65. The number of carbonyl (C=O) groups excluding carboxylic acids is 2. The molecule has 10 heteroatoms. The highest BCUT2D eigenvalue weighted by Gasteiger charge is 2.73. The van der Waals surface area contributed by atoms with Gasteiger partial charge in [-0.1, -0.05) is 32.0 Å². The Hall–Kier alpha value is -3.37. The van der Waals surface area contributed by atoms with Crippen molar-refractivity contribution >= 4 is 18.0 Å². The van der Waals surface area contributed by atoms with Gasteiger partial charge in [-0.3, -0.25) is 14.5 Å². The molecule has 3 fully saturated rings. The number of esters is 1. The molecule has 0 radical (unpaired) electrons. The van der Waals surface area contributed by atoms with E-state index in [2.05, 4.69) is 4.90 Å².